The van der Waals surface area contributed by atoms with Crippen molar-refractivity contribution >= 4 is 11.8 Å². The lowest BCUT2D eigenvalue weighted by molar-refractivity contribution is -0.131. The third kappa shape index (κ3) is 3.61. The molecule has 1 saturated heterocycles. The second-order valence-electron chi connectivity index (χ2n) is 7.08. The lowest BCUT2D eigenvalue weighted by Gasteiger charge is -2.26. The highest BCUT2D eigenvalue weighted by Gasteiger charge is 2.34. The molecule has 0 aromatic carbocycles. The molecule has 1 aromatic heterocycles. The van der Waals surface area contributed by atoms with E-state index in [1.54, 1.807) is 28.6 Å². The Hall–Kier alpha value is -1.93. The number of carbonyl (C=O) groups excluding carboxylic acids is 2. The Kier molecular flexibility index (Phi) is 5.62. The van der Waals surface area contributed by atoms with Gasteiger partial charge in [0.25, 0.3) is 5.91 Å². The Morgan fingerprint density at radius 1 is 1.35 bits per heavy atom. The van der Waals surface area contributed by atoms with Crippen LogP contribution in [0.3, 0.4) is 0 Å². The van der Waals surface area contributed by atoms with Gasteiger partial charge < -0.3 is 19.3 Å². The number of amides is 2. The van der Waals surface area contributed by atoms with Gasteiger partial charge in [0, 0.05) is 45.8 Å². The summed E-state index contributed by atoms with van der Waals surface area (Å²) in [6.07, 6.45) is 1.34. The molecule has 1 aromatic rings. The molecule has 0 unspecified atom stereocenters. The zero-order valence-electron chi connectivity index (χ0n) is 16.0. The van der Waals surface area contributed by atoms with Gasteiger partial charge in [-0.05, 0) is 20.3 Å². The summed E-state index contributed by atoms with van der Waals surface area (Å²) >= 11 is 0. The Morgan fingerprint density at radius 3 is 2.85 bits per heavy atom. The summed E-state index contributed by atoms with van der Waals surface area (Å²) in [5, 5.41) is 4.51. The molecule has 3 heterocycles. The summed E-state index contributed by atoms with van der Waals surface area (Å²) in [6.45, 7) is 6.34. The maximum absolute atomic E-state index is 13.2. The molecule has 0 radical (unpaired) electrons. The van der Waals surface area contributed by atoms with Crippen LogP contribution in [0.1, 0.15) is 48.1 Å². The minimum atomic E-state index is -0.128. The Labute approximate surface area is 154 Å². The minimum absolute atomic E-state index is 0.0333. The first-order valence-electron chi connectivity index (χ1n) is 9.19. The van der Waals surface area contributed by atoms with Gasteiger partial charge in [0.15, 0.2) is 0 Å². The van der Waals surface area contributed by atoms with E-state index in [0.717, 1.165) is 17.7 Å². The minimum Gasteiger partial charge on any atom is -0.383 e. The predicted octanol–water partition coefficient (Wildman–Crippen LogP) is 0.763. The van der Waals surface area contributed by atoms with Crippen molar-refractivity contribution in [1.29, 1.82) is 0 Å². The smallest absolute Gasteiger partial charge is 0.272 e. The van der Waals surface area contributed by atoms with Crippen molar-refractivity contribution in [2.24, 2.45) is 7.05 Å². The Bertz CT molecular complexity index is 687. The van der Waals surface area contributed by atoms with Crippen LogP contribution >= 0.6 is 0 Å². The molecule has 2 amide bonds. The van der Waals surface area contributed by atoms with Crippen molar-refractivity contribution in [3.8, 4) is 0 Å². The molecule has 2 aliphatic rings. The second kappa shape index (κ2) is 7.75. The Morgan fingerprint density at radius 2 is 2.12 bits per heavy atom. The van der Waals surface area contributed by atoms with Crippen LogP contribution in [0.25, 0.3) is 0 Å². The van der Waals surface area contributed by atoms with Crippen LogP contribution < -0.4 is 0 Å². The van der Waals surface area contributed by atoms with E-state index in [1.165, 1.54) is 0 Å². The maximum Gasteiger partial charge on any atom is 0.272 e. The summed E-state index contributed by atoms with van der Waals surface area (Å²) in [6, 6.07) is 0. The molecule has 0 N–H and O–H groups in total. The molecular formula is C18H28N4O4. The highest BCUT2D eigenvalue weighted by molar-refractivity contribution is 5.97. The van der Waals surface area contributed by atoms with Gasteiger partial charge in [0.05, 0.1) is 24.5 Å². The molecule has 1 fully saturated rings. The SMILES string of the molecule is COCCN1CCCN(C(=O)c2c3c(nn2C)[C@H](C)O[C@H](C)C3)CC1=O. The number of aryl methyl sites for hydroxylation is 1. The van der Waals surface area contributed by atoms with Crippen LogP contribution in [-0.2, 0) is 27.7 Å². The third-order valence-corrected chi connectivity index (χ3v) is 5.08. The van der Waals surface area contributed by atoms with Gasteiger partial charge in [0.1, 0.15) is 12.2 Å². The maximum atomic E-state index is 13.2. The number of hydrogen-bond acceptors (Lipinski definition) is 5. The average molecular weight is 364 g/mol. The van der Waals surface area contributed by atoms with E-state index in [0.29, 0.717) is 38.4 Å². The van der Waals surface area contributed by atoms with Gasteiger partial charge in [-0.25, -0.2) is 0 Å². The van der Waals surface area contributed by atoms with Gasteiger partial charge in [0.2, 0.25) is 5.91 Å². The zero-order valence-corrected chi connectivity index (χ0v) is 16.0. The van der Waals surface area contributed by atoms with E-state index in [2.05, 4.69) is 5.10 Å². The van der Waals surface area contributed by atoms with Crippen LogP contribution in [0, 0.1) is 0 Å². The lowest BCUT2D eigenvalue weighted by Crippen LogP contribution is -2.41. The molecule has 0 aliphatic carbocycles. The first-order valence-corrected chi connectivity index (χ1v) is 9.19. The van der Waals surface area contributed by atoms with Gasteiger partial charge in [-0.3, -0.25) is 14.3 Å². The fraction of sp³-hybridized carbons (Fsp3) is 0.722. The van der Waals surface area contributed by atoms with Gasteiger partial charge in [-0.1, -0.05) is 0 Å². The van der Waals surface area contributed by atoms with E-state index < -0.39 is 0 Å². The van der Waals surface area contributed by atoms with Crippen LogP contribution in [0.2, 0.25) is 0 Å². The first kappa shape index (κ1) is 18.8. The van der Waals surface area contributed by atoms with Crippen molar-refractivity contribution < 1.29 is 19.1 Å². The van der Waals surface area contributed by atoms with Gasteiger partial charge in [-0.2, -0.15) is 5.10 Å². The molecular weight excluding hydrogens is 336 g/mol. The van der Waals surface area contributed by atoms with E-state index >= 15 is 0 Å². The Balaban J connectivity index is 1.81. The topological polar surface area (TPSA) is 76.9 Å². The summed E-state index contributed by atoms with van der Waals surface area (Å²) in [5.74, 6) is -0.154. The molecule has 0 bridgehead atoms. The number of methoxy groups -OCH3 is 1. The highest BCUT2D eigenvalue weighted by Crippen LogP contribution is 2.31. The number of ether oxygens (including phenoxy) is 2. The number of hydrogen-bond donors (Lipinski definition) is 0. The molecule has 2 atom stereocenters. The fourth-order valence-electron chi connectivity index (χ4n) is 3.81. The van der Waals surface area contributed by atoms with E-state index in [4.69, 9.17) is 9.47 Å². The normalized spacial score (nSPS) is 23.8. The number of aromatic nitrogens is 2. The van der Waals surface area contributed by atoms with Crippen molar-refractivity contribution in [2.75, 3.05) is 39.9 Å². The molecule has 3 rings (SSSR count). The van der Waals surface area contributed by atoms with E-state index in [9.17, 15) is 9.59 Å². The first-order chi connectivity index (χ1) is 12.4. The highest BCUT2D eigenvalue weighted by atomic mass is 16.5. The predicted molar refractivity (Wildman–Crippen MR) is 94.9 cm³/mol. The lowest BCUT2D eigenvalue weighted by atomic mass is 9.99. The largest absolute Gasteiger partial charge is 0.383 e. The van der Waals surface area contributed by atoms with Crippen LogP contribution in [0.15, 0.2) is 0 Å². The summed E-state index contributed by atoms with van der Waals surface area (Å²) in [4.78, 5) is 29.2. The molecule has 26 heavy (non-hydrogen) atoms. The van der Waals surface area contributed by atoms with E-state index in [-0.39, 0.29) is 30.6 Å². The van der Waals surface area contributed by atoms with Crippen molar-refractivity contribution in [1.82, 2.24) is 19.6 Å². The van der Waals surface area contributed by atoms with Crippen LogP contribution in [0.5, 0.6) is 0 Å². The van der Waals surface area contributed by atoms with Crippen molar-refractivity contribution in [3.63, 3.8) is 0 Å². The quantitative estimate of drug-likeness (QED) is 0.788. The summed E-state index contributed by atoms with van der Waals surface area (Å²) < 4.78 is 12.5. The van der Waals surface area contributed by atoms with E-state index in [1.807, 2.05) is 13.8 Å². The molecule has 144 valence electrons. The van der Waals surface area contributed by atoms with Crippen LogP contribution in [-0.4, -0.2) is 77.4 Å². The fourth-order valence-corrected chi connectivity index (χ4v) is 3.81. The number of rotatable bonds is 4. The summed E-state index contributed by atoms with van der Waals surface area (Å²) in [5.41, 5.74) is 2.37. The molecule has 8 heteroatoms. The third-order valence-electron chi connectivity index (χ3n) is 5.08. The van der Waals surface area contributed by atoms with Crippen LogP contribution in [0.4, 0.5) is 0 Å². The summed E-state index contributed by atoms with van der Waals surface area (Å²) in [7, 11) is 3.41. The van der Waals surface area contributed by atoms with Gasteiger partial charge >= 0.3 is 0 Å². The molecule has 0 saturated carbocycles. The molecule has 8 nitrogen and oxygen atoms in total. The average Bonchev–Trinajstić information content (AvgIpc) is 2.80. The molecule has 0 spiro atoms. The monoisotopic (exact) mass is 364 g/mol. The van der Waals surface area contributed by atoms with Gasteiger partial charge in [-0.15, -0.1) is 0 Å². The standard InChI is InChI=1S/C18H28N4O4/c1-12-10-14-16(13(2)26-12)19-20(3)17(14)18(24)22-7-5-6-21(8-9-25-4)15(23)11-22/h12-13H,5-11H2,1-4H3/t12-,13+/m1/s1. The second-order valence-corrected chi connectivity index (χ2v) is 7.08. The zero-order chi connectivity index (χ0) is 18.8. The number of carbonyl (C=O) groups is 2. The molecule has 2 aliphatic heterocycles. The number of nitrogens with zero attached hydrogens (tertiary/aromatic N) is 4. The number of fused-ring (bicyclic) bond motifs is 1. The van der Waals surface area contributed by atoms with Crippen molar-refractivity contribution in [2.45, 2.75) is 38.9 Å². The van der Waals surface area contributed by atoms with Crippen molar-refractivity contribution in [3.05, 3.63) is 17.0 Å².